The molecule has 0 radical (unpaired) electrons. The van der Waals surface area contributed by atoms with Gasteiger partial charge in [-0.15, -0.1) is 0 Å². The third-order valence-corrected chi connectivity index (χ3v) is 3.62. The highest BCUT2D eigenvalue weighted by Gasteiger charge is 2.27. The molecule has 2 nitrogen and oxygen atoms in total. The van der Waals surface area contributed by atoms with Crippen LogP contribution in [-0.2, 0) is 5.60 Å². The van der Waals surface area contributed by atoms with Crippen LogP contribution in [0.3, 0.4) is 0 Å². The monoisotopic (exact) mass is 225 g/mol. The second-order valence-electron chi connectivity index (χ2n) is 3.96. The summed E-state index contributed by atoms with van der Waals surface area (Å²) in [5, 5.41) is 10.9. The van der Waals surface area contributed by atoms with E-state index in [4.69, 9.17) is 5.73 Å². The van der Waals surface area contributed by atoms with E-state index in [0.717, 1.165) is 5.56 Å². The molecule has 0 heterocycles. The summed E-state index contributed by atoms with van der Waals surface area (Å²) in [5.41, 5.74) is 5.67. The number of thioether (sulfide) groups is 1. The number of aliphatic hydroxyl groups is 1. The van der Waals surface area contributed by atoms with Crippen LogP contribution in [0.4, 0.5) is 0 Å². The quantitative estimate of drug-likeness (QED) is 0.805. The first kappa shape index (κ1) is 12.6. The van der Waals surface area contributed by atoms with Crippen LogP contribution < -0.4 is 5.73 Å². The summed E-state index contributed by atoms with van der Waals surface area (Å²) < 4.78 is 0. The van der Waals surface area contributed by atoms with Crippen LogP contribution in [0.1, 0.15) is 19.4 Å². The second-order valence-corrected chi connectivity index (χ2v) is 5.53. The Hall–Kier alpha value is -0.510. The molecule has 0 amide bonds. The Morgan fingerprint density at radius 2 is 1.93 bits per heavy atom. The summed E-state index contributed by atoms with van der Waals surface area (Å²) in [6, 6.07) is 9.64. The van der Waals surface area contributed by atoms with E-state index in [2.05, 4.69) is 13.8 Å². The first-order chi connectivity index (χ1) is 7.08. The smallest absolute Gasteiger partial charge is 0.111 e. The van der Waals surface area contributed by atoms with Crippen molar-refractivity contribution >= 4 is 11.8 Å². The van der Waals surface area contributed by atoms with Crippen LogP contribution in [0.15, 0.2) is 30.3 Å². The van der Waals surface area contributed by atoms with Gasteiger partial charge in [0.2, 0.25) is 0 Å². The molecule has 0 spiro atoms. The Bertz CT molecular complexity index is 289. The van der Waals surface area contributed by atoms with Gasteiger partial charge in [-0.1, -0.05) is 44.2 Å². The van der Waals surface area contributed by atoms with E-state index in [1.54, 1.807) is 11.8 Å². The van der Waals surface area contributed by atoms with E-state index in [-0.39, 0.29) is 6.54 Å². The fourth-order valence-electron chi connectivity index (χ4n) is 1.31. The van der Waals surface area contributed by atoms with E-state index in [1.807, 2.05) is 30.3 Å². The SMILES string of the molecule is CC(C)SCC(O)(CN)c1ccccc1. The fourth-order valence-corrected chi connectivity index (χ4v) is 2.21. The Balaban J connectivity index is 2.76. The van der Waals surface area contributed by atoms with Gasteiger partial charge in [0.05, 0.1) is 0 Å². The van der Waals surface area contributed by atoms with Crippen LogP contribution in [0.5, 0.6) is 0 Å². The first-order valence-electron chi connectivity index (χ1n) is 5.18. The van der Waals surface area contributed by atoms with Gasteiger partial charge in [0.25, 0.3) is 0 Å². The number of benzene rings is 1. The molecule has 0 saturated heterocycles. The summed E-state index contributed by atoms with van der Waals surface area (Å²) in [5.74, 6) is 0.644. The lowest BCUT2D eigenvalue weighted by Gasteiger charge is -2.27. The highest BCUT2D eigenvalue weighted by molar-refractivity contribution is 7.99. The predicted molar refractivity (Wildman–Crippen MR) is 67.0 cm³/mol. The van der Waals surface area contributed by atoms with Crippen molar-refractivity contribution < 1.29 is 5.11 Å². The van der Waals surface area contributed by atoms with E-state index >= 15 is 0 Å². The zero-order valence-electron chi connectivity index (χ0n) is 9.31. The average molecular weight is 225 g/mol. The largest absolute Gasteiger partial charge is 0.383 e. The van der Waals surface area contributed by atoms with Crippen molar-refractivity contribution in [1.82, 2.24) is 0 Å². The van der Waals surface area contributed by atoms with Gasteiger partial charge in [0, 0.05) is 12.3 Å². The van der Waals surface area contributed by atoms with Gasteiger partial charge in [0.1, 0.15) is 5.60 Å². The molecule has 1 aromatic carbocycles. The Kier molecular flexibility index (Phi) is 4.64. The Morgan fingerprint density at radius 1 is 1.33 bits per heavy atom. The van der Waals surface area contributed by atoms with Gasteiger partial charge >= 0.3 is 0 Å². The van der Waals surface area contributed by atoms with Gasteiger partial charge in [-0.25, -0.2) is 0 Å². The summed E-state index contributed by atoms with van der Waals surface area (Å²) in [6.45, 7) is 4.50. The lowest BCUT2D eigenvalue weighted by Crippen LogP contribution is -2.37. The van der Waals surface area contributed by atoms with Crippen molar-refractivity contribution in [3.05, 3.63) is 35.9 Å². The lowest BCUT2D eigenvalue weighted by atomic mass is 9.96. The maximum Gasteiger partial charge on any atom is 0.111 e. The van der Waals surface area contributed by atoms with Gasteiger partial charge in [-0.3, -0.25) is 0 Å². The maximum absolute atomic E-state index is 10.4. The predicted octanol–water partition coefficient (Wildman–Crippen LogP) is 1.97. The van der Waals surface area contributed by atoms with Crippen LogP contribution in [0, 0.1) is 0 Å². The Labute approximate surface area is 95.9 Å². The van der Waals surface area contributed by atoms with Crippen molar-refractivity contribution in [1.29, 1.82) is 0 Å². The molecule has 0 aliphatic heterocycles. The van der Waals surface area contributed by atoms with E-state index < -0.39 is 5.60 Å². The van der Waals surface area contributed by atoms with Gasteiger partial charge in [-0.05, 0) is 10.8 Å². The minimum atomic E-state index is -0.893. The topological polar surface area (TPSA) is 46.2 Å². The zero-order valence-corrected chi connectivity index (χ0v) is 10.1. The molecule has 1 unspecified atom stereocenters. The third kappa shape index (κ3) is 3.52. The number of hydrogen-bond donors (Lipinski definition) is 2. The summed E-state index contributed by atoms with van der Waals surface area (Å²) in [6.07, 6.45) is 0. The first-order valence-corrected chi connectivity index (χ1v) is 6.23. The van der Waals surface area contributed by atoms with Crippen LogP contribution in [-0.4, -0.2) is 22.7 Å². The fraction of sp³-hybridized carbons (Fsp3) is 0.500. The molecule has 0 fully saturated rings. The minimum Gasteiger partial charge on any atom is -0.383 e. The van der Waals surface area contributed by atoms with Crippen LogP contribution in [0.2, 0.25) is 0 Å². The molecule has 1 aromatic rings. The van der Waals surface area contributed by atoms with E-state index in [0.29, 0.717) is 11.0 Å². The molecule has 0 bridgehead atoms. The summed E-state index contributed by atoms with van der Waals surface area (Å²) >= 11 is 1.73. The molecule has 0 saturated carbocycles. The molecule has 0 aromatic heterocycles. The molecule has 0 aliphatic rings. The normalized spacial score (nSPS) is 15.3. The molecular formula is C12H19NOS. The van der Waals surface area contributed by atoms with Crippen molar-refractivity contribution in [3.63, 3.8) is 0 Å². The second kappa shape index (κ2) is 5.54. The third-order valence-electron chi connectivity index (χ3n) is 2.30. The summed E-state index contributed by atoms with van der Waals surface area (Å²) in [4.78, 5) is 0. The van der Waals surface area contributed by atoms with Crippen molar-refractivity contribution in [3.8, 4) is 0 Å². The van der Waals surface area contributed by atoms with Crippen molar-refractivity contribution in [2.24, 2.45) is 5.73 Å². The number of hydrogen-bond acceptors (Lipinski definition) is 3. The van der Waals surface area contributed by atoms with Crippen LogP contribution >= 0.6 is 11.8 Å². The zero-order chi connectivity index (χ0) is 11.3. The molecular weight excluding hydrogens is 206 g/mol. The molecule has 3 N–H and O–H groups in total. The summed E-state index contributed by atoms with van der Waals surface area (Å²) in [7, 11) is 0. The van der Waals surface area contributed by atoms with Crippen molar-refractivity contribution in [2.45, 2.75) is 24.7 Å². The molecule has 1 atom stereocenters. The van der Waals surface area contributed by atoms with Crippen LogP contribution in [0.25, 0.3) is 0 Å². The molecule has 84 valence electrons. The number of rotatable bonds is 5. The van der Waals surface area contributed by atoms with Gasteiger partial charge < -0.3 is 10.8 Å². The molecule has 3 heteroatoms. The van der Waals surface area contributed by atoms with Crippen molar-refractivity contribution in [2.75, 3.05) is 12.3 Å². The highest BCUT2D eigenvalue weighted by atomic mass is 32.2. The molecule has 1 rings (SSSR count). The van der Waals surface area contributed by atoms with Gasteiger partial charge in [0.15, 0.2) is 0 Å². The van der Waals surface area contributed by atoms with Gasteiger partial charge in [-0.2, -0.15) is 11.8 Å². The standard InChI is InChI=1S/C12H19NOS/c1-10(2)15-9-12(14,8-13)11-6-4-3-5-7-11/h3-7,10,14H,8-9,13H2,1-2H3. The lowest BCUT2D eigenvalue weighted by molar-refractivity contribution is 0.0720. The molecule has 0 aliphatic carbocycles. The highest BCUT2D eigenvalue weighted by Crippen LogP contribution is 2.26. The maximum atomic E-state index is 10.4. The average Bonchev–Trinajstić information content (AvgIpc) is 2.27. The minimum absolute atomic E-state index is 0.261. The van der Waals surface area contributed by atoms with E-state index in [1.165, 1.54) is 0 Å². The number of nitrogens with two attached hydrogens (primary N) is 1. The van der Waals surface area contributed by atoms with E-state index in [9.17, 15) is 5.11 Å². The molecule has 15 heavy (non-hydrogen) atoms. The Morgan fingerprint density at radius 3 is 2.40 bits per heavy atom.